The van der Waals surface area contributed by atoms with Crippen LogP contribution in [0.15, 0.2) is 0 Å². The first-order valence-electron chi connectivity index (χ1n) is 13.8. The molecule has 0 spiro atoms. The monoisotopic (exact) mass is 439 g/mol. The van der Waals surface area contributed by atoms with E-state index in [-0.39, 0.29) is 6.23 Å². The lowest BCUT2D eigenvalue weighted by molar-refractivity contribution is -0.137. The van der Waals surface area contributed by atoms with Gasteiger partial charge in [0.1, 0.15) is 6.23 Å². The van der Waals surface area contributed by atoms with Gasteiger partial charge in [-0.25, -0.2) is 0 Å². The second-order valence-electron chi connectivity index (χ2n) is 10.0. The summed E-state index contributed by atoms with van der Waals surface area (Å²) in [5, 5.41) is 22.0. The zero-order valence-corrected chi connectivity index (χ0v) is 20.4. The highest BCUT2D eigenvalue weighted by molar-refractivity contribution is 5.66. The first kappa shape index (κ1) is 28.4. The van der Waals surface area contributed by atoms with Gasteiger partial charge in [-0.05, 0) is 38.0 Å². The van der Waals surface area contributed by atoms with E-state index in [0.29, 0.717) is 6.42 Å². The van der Waals surface area contributed by atoms with E-state index in [1.807, 2.05) is 0 Å². The average molecular weight is 440 g/mol. The van der Waals surface area contributed by atoms with Gasteiger partial charge in [-0.15, -0.1) is 0 Å². The van der Waals surface area contributed by atoms with Crippen molar-refractivity contribution in [2.45, 2.75) is 154 Å². The van der Waals surface area contributed by atoms with Crippen LogP contribution in [-0.2, 0) is 4.79 Å². The molecule has 0 amide bonds. The summed E-state index contributed by atoms with van der Waals surface area (Å²) in [6.45, 7) is 1.01. The fourth-order valence-electron chi connectivity index (χ4n) is 4.88. The zero-order valence-electron chi connectivity index (χ0n) is 20.4. The molecular formula is C27H53NO3. The largest absolute Gasteiger partial charge is 0.481 e. The Hall–Kier alpha value is -0.610. The molecule has 1 rings (SSSR count). The molecule has 0 bridgehead atoms. The number of unbranched alkanes of at least 4 members (excludes halogenated alkanes) is 15. The summed E-state index contributed by atoms with van der Waals surface area (Å²) >= 11 is 0. The average Bonchev–Trinajstić information content (AvgIpc) is 2.77. The van der Waals surface area contributed by atoms with Gasteiger partial charge in [0.05, 0.1) is 0 Å². The van der Waals surface area contributed by atoms with Crippen molar-refractivity contribution in [1.82, 2.24) is 5.32 Å². The van der Waals surface area contributed by atoms with Crippen LogP contribution in [0, 0.1) is 5.92 Å². The van der Waals surface area contributed by atoms with Gasteiger partial charge in [-0.3, -0.25) is 10.1 Å². The molecule has 0 aliphatic heterocycles. The Morgan fingerprint density at radius 1 is 0.677 bits per heavy atom. The number of rotatable bonds is 22. The van der Waals surface area contributed by atoms with E-state index in [2.05, 4.69) is 5.32 Å². The molecule has 0 heterocycles. The number of aliphatic carboxylic acids is 1. The minimum atomic E-state index is -0.660. The Morgan fingerprint density at radius 3 is 1.55 bits per heavy atom. The van der Waals surface area contributed by atoms with Crippen LogP contribution in [0.2, 0.25) is 0 Å². The topological polar surface area (TPSA) is 69.6 Å². The molecule has 1 fully saturated rings. The SMILES string of the molecule is O=C(O)CCCCCCCCCCCCCCCCCC[C@@H](O)NCC1CCCCC1. The third kappa shape index (κ3) is 19.8. The third-order valence-electron chi connectivity index (χ3n) is 6.99. The quantitative estimate of drug-likeness (QED) is 0.120. The molecule has 0 unspecified atom stereocenters. The third-order valence-corrected chi connectivity index (χ3v) is 6.99. The van der Waals surface area contributed by atoms with Crippen molar-refractivity contribution < 1.29 is 15.0 Å². The van der Waals surface area contributed by atoms with Gasteiger partial charge in [-0.1, -0.05) is 109 Å². The van der Waals surface area contributed by atoms with Crippen LogP contribution in [0.5, 0.6) is 0 Å². The molecule has 1 saturated carbocycles. The Kier molecular flexibility index (Phi) is 19.5. The summed E-state index contributed by atoms with van der Waals surface area (Å²) in [5.41, 5.74) is 0. The van der Waals surface area contributed by atoms with E-state index in [9.17, 15) is 9.90 Å². The van der Waals surface area contributed by atoms with Gasteiger partial charge in [0.25, 0.3) is 0 Å². The van der Waals surface area contributed by atoms with E-state index in [1.165, 1.54) is 116 Å². The number of hydrogen-bond donors (Lipinski definition) is 3. The molecular weight excluding hydrogens is 386 g/mol. The summed E-state index contributed by atoms with van der Waals surface area (Å²) in [4.78, 5) is 10.4. The number of aliphatic hydroxyl groups is 1. The number of carbonyl (C=O) groups is 1. The fraction of sp³-hybridized carbons (Fsp3) is 0.963. The molecule has 0 aromatic heterocycles. The van der Waals surface area contributed by atoms with Crippen LogP contribution in [0.4, 0.5) is 0 Å². The van der Waals surface area contributed by atoms with Crippen LogP contribution in [0.25, 0.3) is 0 Å². The standard InChI is InChI=1S/C27H53NO3/c29-26(28-24-25-20-16-15-17-21-25)22-18-13-11-9-7-5-3-1-2-4-6-8-10-12-14-19-23-27(30)31/h25-26,28-29H,1-24H2,(H,30,31)/t26-/m1/s1. The van der Waals surface area contributed by atoms with Crippen LogP contribution in [0.1, 0.15) is 148 Å². The van der Waals surface area contributed by atoms with Crippen molar-refractivity contribution in [3.05, 3.63) is 0 Å². The second-order valence-corrected chi connectivity index (χ2v) is 10.0. The summed E-state index contributed by atoms with van der Waals surface area (Å²) < 4.78 is 0. The Balaban J connectivity index is 1.70. The maximum atomic E-state index is 10.4. The molecule has 31 heavy (non-hydrogen) atoms. The molecule has 1 aliphatic rings. The summed E-state index contributed by atoms with van der Waals surface area (Å²) in [5.74, 6) is 0.137. The summed E-state index contributed by atoms with van der Waals surface area (Å²) in [6, 6.07) is 0. The molecule has 0 aromatic rings. The molecule has 184 valence electrons. The molecule has 3 N–H and O–H groups in total. The van der Waals surface area contributed by atoms with Crippen molar-refractivity contribution in [3.63, 3.8) is 0 Å². The van der Waals surface area contributed by atoms with Crippen molar-refractivity contribution in [2.24, 2.45) is 5.92 Å². The molecule has 1 atom stereocenters. The van der Waals surface area contributed by atoms with Crippen LogP contribution >= 0.6 is 0 Å². The van der Waals surface area contributed by atoms with E-state index in [1.54, 1.807) is 0 Å². The van der Waals surface area contributed by atoms with Crippen molar-refractivity contribution in [3.8, 4) is 0 Å². The molecule has 4 heteroatoms. The minimum Gasteiger partial charge on any atom is -0.481 e. The van der Waals surface area contributed by atoms with Crippen molar-refractivity contribution in [2.75, 3.05) is 6.54 Å². The van der Waals surface area contributed by atoms with Gasteiger partial charge >= 0.3 is 5.97 Å². The van der Waals surface area contributed by atoms with Crippen LogP contribution < -0.4 is 5.32 Å². The number of hydrogen-bond acceptors (Lipinski definition) is 3. The van der Waals surface area contributed by atoms with E-state index in [0.717, 1.165) is 38.1 Å². The van der Waals surface area contributed by atoms with Gasteiger partial charge in [-0.2, -0.15) is 0 Å². The lowest BCUT2D eigenvalue weighted by Gasteiger charge is -2.23. The maximum Gasteiger partial charge on any atom is 0.303 e. The first-order chi connectivity index (χ1) is 15.2. The lowest BCUT2D eigenvalue weighted by Crippen LogP contribution is -2.33. The minimum absolute atomic E-state index is 0.293. The fourth-order valence-corrected chi connectivity index (χ4v) is 4.88. The predicted octanol–water partition coefficient (Wildman–Crippen LogP) is 7.58. The summed E-state index contributed by atoms with van der Waals surface area (Å²) in [6.07, 6.45) is 28.2. The zero-order chi connectivity index (χ0) is 22.4. The number of carboxylic acids is 1. The van der Waals surface area contributed by atoms with E-state index in [4.69, 9.17) is 5.11 Å². The van der Waals surface area contributed by atoms with Gasteiger partial charge in [0, 0.05) is 13.0 Å². The number of aliphatic hydroxyl groups excluding tert-OH is 1. The van der Waals surface area contributed by atoms with Gasteiger partial charge < -0.3 is 10.2 Å². The van der Waals surface area contributed by atoms with Gasteiger partial charge in [0.2, 0.25) is 0 Å². The second kappa shape index (κ2) is 21.2. The highest BCUT2D eigenvalue weighted by Crippen LogP contribution is 2.23. The van der Waals surface area contributed by atoms with E-state index < -0.39 is 5.97 Å². The first-order valence-corrected chi connectivity index (χ1v) is 13.8. The Morgan fingerprint density at radius 2 is 1.10 bits per heavy atom. The van der Waals surface area contributed by atoms with Crippen LogP contribution in [0.3, 0.4) is 0 Å². The summed E-state index contributed by atoms with van der Waals surface area (Å²) in [7, 11) is 0. The van der Waals surface area contributed by atoms with Crippen LogP contribution in [-0.4, -0.2) is 29.0 Å². The van der Waals surface area contributed by atoms with Crippen molar-refractivity contribution in [1.29, 1.82) is 0 Å². The maximum absolute atomic E-state index is 10.4. The number of carboxylic acid groups (broad SMARTS) is 1. The molecule has 0 aromatic carbocycles. The normalized spacial score (nSPS) is 15.9. The molecule has 0 saturated heterocycles. The lowest BCUT2D eigenvalue weighted by atomic mass is 9.89. The molecule has 4 nitrogen and oxygen atoms in total. The predicted molar refractivity (Wildman–Crippen MR) is 131 cm³/mol. The Labute approximate surface area is 193 Å². The number of nitrogens with one attached hydrogen (secondary N) is 1. The van der Waals surface area contributed by atoms with Gasteiger partial charge in [0.15, 0.2) is 0 Å². The van der Waals surface area contributed by atoms with E-state index >= 15 is 0 Å². The Bertz CT molecular complexity index is 396. The van der Waals surface area contributed by atoms with Crippen molar-refractivity contribution >= 4 is 5.97 Å². The highest BCUT2D eigenvalue weighted by Gasteiger charge is 2.14. The smallest absolute Gasteiger partial charge is 0.303 e. The highest BCUT2D eigenvalue weighted by atomic mass is 16.4. The molecule has 1 aliphatic carbocycles. The molecule has 0 radical (unpaired) electrons.